The van der Waals surface area contributed by atoms with E-state index in [0.717, 1.165) is 56.9 Å². The van der Waals surface area contributed by atoms with E-state index in [0.29, 0.717) is 12.0 Å². The van der Waals surface area contributed by atoms with Crippen LogP contribution in [0.5, 0.6) is 0 Å². The summed E-state index contributed by atoms with van der Waals surface area (Å²) in [5.41, 5.74) is 3.39. The van der Waals surface area contributed by atoms with Crippen LogP contribution in [0.1, 0.15) is 85.5 Å². The lowest BCUT2D eigenvalue weighted by Crippen LogP contribution is -2.48. The Morgan fingerprint density at radius 3 is 2.52 bits per heavy atom. The van der Waals surface area contributed by atoms with Crippen molar-refractivity contribution in [2.45, 2.75) is 97.4 Å². The fourth-order valence-electron chi connectivity index (χ4n) is 4.40. The number of aliphatic hydroxyl groups excluding tert-OH is 1. The van der Waals surface area contributed by atoms with Crippen molar-refractivity contribution in [2.75, 3.05) is 0 Å². The van der Waals surface area contributed by atoms with Crippen LogP contribution >= 0.6 is 0 Å². The highest BCUT2D eigenvalue weighted by Crippen LogP contribution is 2.49. The number of carbonyl (C=O) groups is 1. The number of carbonyl (C=O) groups excluding carboxylic acids is 1. The van der Waals surface area contributed by atoms with Crippen LogP contribution in [-0.4, -0.2) is 28.1 Å². The number of cyclic esters (lactones) is 1. The van der Waals surface area contributed by atoms with Gasteiger partial charge in [0.05, 0.1) is 5.60 Å². The first kappa shape index (κ1) is 23.6. The largest absolute Gasteiger partial charge is 0.429 e. The van der Waals surface area contributed by atoms with Gasteiger partial charge in [-0.15, -0.1) is 0 Å². The van der Waals surface area contributed by atoms with E-state index in [1.165, 1.54) is 17.2 Å². The molecule has 2 N–H and O–H groups in total. The molecule has 0 spiro atoms. The molecule has 1 fully saturated rings. The fourth-order valence-corrected chi connectivity index (χ4v) is 4.40. The zero-order chi connectivity index (χ0) is 21.7. The van der Waals surface area contributed by atoms with Crippen LogP contribution in [0.4, 0.5) is 0 Å². The molecule has 2 rings (SSSR count). The number of allylic oxidation sites excluding steroid dienone is 4. The molecule has 1 aliphatic heterocycles. The summed E-state index contributed by atoms with van der Waals surface area (Å²) in [6.45, 7) is 12.7. The number of esters is 1. The molecule has 4 heteroatoms. The van der Waals surface area contributed by atoms with E-state index in [4.69, 9.17) is 0 Å². The summed E-state index contributed by atoms with van der Waals surface area (Å²) < 4.78 is 4.69. The van der Waals surface area contributed by atoms with Crippen LogP contribution in [0.15, 0.2) is 47.1 Å². The van der Waals surface area contributed by atoms with Crippen molar-refractivity contribution in [3.63, 3.8) is 0 Å². The topological polar surface area (TPSA) is 66.8 Å². The number of ether oxygens (including phenoxy) is 1. The third-order valence-corrected chi connectivity index (χ3v) is 6.67. The van der Waals surface area contributed by atoms with Gasteiger partial charge in [0.25, 0.3) is 0 Å². The molecule has 29 heavy (non-hydrogen) atoms. The summed E-state index contributed by atoms with van der Waals surface area (Å²) in [6.07, 6.45) is 12.9. The minimum Gasteiger partial charge on any atom is -0.429 e. The van der Waals surface area contributed by atoms with Gasteiger partial charge in [-0.3, -0.25) is 0 Å². The predicted molar refractivity (Wildman–Crippen MR) is 117 cm³/mol. The summed E-state index contributed by atoms with van der Waals surface area (Å²) in [4.78, 5) is 11.1. The Morgan fingerprint density at radius 2 is 1.90 bits per heavy atom. The lowest BCUT2D eigenvalue weighted by atomic mass is 9.61. The van der Waals surface area contributed by atoms with Gasteiger partial charge >= 0.3 is 5.97 Å². The van der Waals surface area contributed by atoms with Crippen LogP contribution in [0.3, 0.4) is 0 Å². The molecular weight excluding hydrogens is 364 g/mol. The Labute approximate surface area is 176 Å². The zero-order valence-electron chi connectivity index (χ0n) is 18.6. The predicted octanol–water partition coefficient (Wildman–Crippen LogP) is 5.52. The van der Waals surface area contributed by atoms with E-state index in [9.17, 15) is 15.0 Å². The Kier molecular flexibility index (Phi) is 8.07. The maximum Gasteiger partial charge on any atom is 0.333 e. The molecule has 1 saturated carbocycles. The van der Waals surface area contributed by atoms with Crippen LogP contribution in [0.2, 0.25) is 0 Å². The quantitative estimate of drug-likeness (QED) is 0.394. The fraction of sp³-hybridized carbons (Fsp3) is 0.640. The number of hydrogen-bond donors (Lipinski definition) is 2. The van der Waals surface area contributed by atoms with E-state index in [1.807, 2.05) is 0 Å². The first-order valence-corrected chi connectivity index (χ1v) is 10.9. The van der Waals surface area contributed by atoms with Gasteiger partial charge in [-0.2, -0.15) is 0 Å². The van der Waals surface area contributed by atoms with Gasteiger partial charge in [-0.25, -0.2) is 4.79 Å². The molecule has 0 aromatic heterocycles. The minimum absolute atomic E-state index is 0.111. The molecule has 0 bridgehead atoms. The molecule has 0 aromatic carbocycles. The van der Waals surface area contributed by atoms with Crippen molar-refractivity contribution in [1.82, 2.24) is 0 Å². The Bertz CT molecular complexity index is 710. The molecule has 0 unspecified atom stereocenters. The molecule has 1 aliphatic carbocycles. The first-order chi connectivity index (χ1) is 13.5. The molecule has 1 heterocycles. The zero-order valence-corrected chi connectivity index (χ0v) is 18.6. The molecule has 0 amide bonds. The number of rotatable bonds is 9. The van der Waals surface area contributed by atoms with Crippen molar-refractivity contribution in [3.05, 3.63) is 47.1 Å². The van der Waals surface area contributed by atoms with E-state index in [1.54, 1.807) is 0 Å². The van der Waals surface area contributed by atoms with Gasteiger partial charge in [0.1, 0.15) is 0 Å². The molecule has 162 valence electrons. The van der Waals surface area contributed by atoms with Crippen LogP contribution in [0.25, 0.3) is 0 Å². The van der Waals surface area contributed by atoms with Crippen LogP contribution < -0.4 is 0 Å². The summed E-state index contributed by atoms with van der Waals surface area (Å²) >= 11 is 0. The number of aliphatic hydroxyl groups is 2. The maximum absolute atomic E-state index is 11.3. The first-order valence-electron chi connectivity index (χ1n) is 10.9. The summed E-state index contributed by atoms with van der Waals surface area (Å²) in [6, 6.07) is 0. The van der Waals surface area contributed by atoms with Gasteiger partial charge in [-0.1, -0.05) is 43.7 Å². The van der Waals surface area contributed by atoms with Crippen molar-refractivity contribution in [3.8, 4) is 0 Å². The highest BCUT2D eigenvalue weighted by Gasteiger charge is 2.46. The molecule has 4 nitrogen and oxygen atoms in total. The normalized spacial score (nSPS) is 27.8. The highest BCUT2D eigenvalue weighted by molar-refractivity contribution is 5.85. The van der Waals surface area contributed by atoms with Crippen molar-refractivity contribution >= 4 is 5.97 Å². The lowest BCUT2D eigenvalue weighted by Gasteiger charge is -2.48. The summed E-state index contributed by atoms with van der Waals surface area (Å²) in [5.74, 6) is -0.460. The van der Waals surface area contributed by atoms with Crippen LogP contribution in [-0.2, 0) is 9.53 Å². The maximum atomic E-state index is 11.3. The lowest BCUT2D eigenvalue weighted by molar-refractivity contribution is -0.151. The van der Waals surface area contributed by atoms with E-state index in [-0.39, 0.29) is 5.41 Å². The molecule has 2 atom stereocenters. The third kappa shape index (κ3) is 6.16. The highest BCUT2D eigenvalue weighted by atomic mass is 16.6. The second-order valence-electron chi connectivity index (χ2n) is 9.39. The second-order valence-corrected chi connectivity index (χ2v) is 9.39. The minimum atomic E-state index is -1.07. The van der Waals surface area contributed by atoms with Crippen LogP contribution in [0, 0.1) is 5.41 Å². The number of hydrogen-bond acceptors (Lipinski definition) is 4. The molecular formula is C25H38O4. The Morgan fingerprint density at radius 1 is 1.24 bits per heavy atom. The standard InChI is InChI=1S/C25H38O4/c1-18(11-7-13-21-17-22(26)29-23(21)27)9-6-10-19(2)14-16-25(28)20(3)12-8-15-24(25,4)5/h10-11,17,23,27-28H,3,6-9,12-16H2,1-2,4-5H3/b18-11+,19-10+/t23-,25-/m1/s1. The van der Waals surface area contributed by atoms with Gasteiger partial charge < -0.3 is 14.9 Å². The Balaban J connectivity index is 1.76. The average molecular weight is 403 g/mol. The SMILES string of the molecule is C=C1CCCC(C)(C)[C@@]1(O)CC/C(C)=C/CC/C(C)=C/CCC1=CC(=O)O[C@H]1O. The monoisotopic (exact) mass is 402 g/mol. The summed E-state index contributed by atoms with van der Waals surface area (Å²) in [5, 5.41) is 20.8. The second kappa shape index (κ2) is 9.90. The van der Waals surface area contributed by atoms with Crippen molar-refractivity contribution in [2.24, 2.45) is 5.41 Å². The molecule has 2 aliphatic rings. The van der Waals surface area contributed by atoms with Gasteiger partial charge in [0.2, 0.25) is 6.29 Å². The molecule has 0 aromatic rings. The molecule has 0 radical (unpaired) electrons. The summed E-state index contributed by atoms with van der Waals surface area (Å²) in [7, 11) is 0. The van der Waals surface area contributed by atoms with Gasteiger partial charge in [-0.05, 0) is 82.6 Å². The van der Waals surface area contributed by atoms with E-state index >= 15 is 0 Å². The third-order valence-electron chi connectivity index (χ3n) is 6.67. The van der Waals surface area contributed by atoms with Gasteiger partial charge in [0.15, 0.2) is 0 Å². The smallest absolute Gasteiger partial charge is 0.333 e. The van der Waals surface area contributed by atoms with Crippen molar-refractivity contribution < 1.29 is 19.7 Å². The Hall–Kier alpha value is -1.65. The van der Waals surface area contributed by atoms with Gasteiger partial charge in [0, 0.05) is 11.6 Å². The van der Waals surface area contributed by atoms with Crippen molar-refractivity contribution in [1.29, 1.82) is 0 Å². The van der Waals surface area contributed by atoms with E-state index in [2.05, 4.69) is 51.2 Å². The van der Waals surface area contributed by atoms with E-state index < -0.39 is 17.9 Å². The average Bonchev–Trinajstić information content (AvgIpc) is 2.95. The molecule has 0 saturated heterocycles.